The molecule has 0 bridgehead atoms. The number of carboxylic acid groups (broad SMARTS) is 1. The molecule has 5 amide bonds. The van der Waals surface area contributed by atoms with E-state index in [1.54, 1.807) is 20.1 Å². The lowest BCUT2D eigenvalue weighted by atomic mass is 9.98. The second-order valence-corrected chi connectivity index (χ2v) is 9.22. The molecule has 0 radical (unpaired) electrons. The summed E-state index contributed by atoms with van der Waals surface area (Å²) in [5, 5.41) is 16.9. The molecule has 5 unspecified atom stereocenters. The van der Waals surface area contributed by atoms with Gasteiger partial charge in [-0.05, 0) is 37.2 Å². The lowest BCUT2D eigenvalue weighted by Gasteiger charge is -2.26. The Labute approximate surface area is 209 Å². The number of thioether (sulfide) groups is 1. The highest BCUT2D eigenvalue weighted by Crippen LogP contribution is 2.10. The first-order valence-corrected chi connectivity index (χ1v) is 12.7. The number of primary amides is 2. The Morgan fingerprint density at radius 3 is 1.80 bits per heavy atom. The number of hydrogen-bond acceptors (Lipinski definition) is 8. The van der Waals surface area contributed by atoms with Gasteiger partial charge >= 0.3 is 5.97 Å². The number of nitrogens with one attached hydrogen (secondary N) is 3. The van der Waals surface area contributed by atoms with Gasteiger partial charge in [0.05, 0.1) is 6.04 Å². The molecule has 0 aromatic carbocycles. The Morgan fingerprint density at radius 1 is 0.829 bits per heavy atom. The average Bonchev–Trinajstić information content (AvgIpc) is 2.79. The Balaban J connectivity index is 5.55. The van der Waals surface area contributed by atoms with Crippen molar-refractivity contribution in [1.29, 1.82) is 0 Å². The van der Waals surface area contributed by atoms with E-state index in [1.807, 2.05) is 0 Å². The third-order valence-electron chi connectivity index (χ3n) is 5.37. The van der Waals surface area contributed by atoms with Crippen LogP contribution in [0.5, 0.6) is 0 Å². The summed E-state index contributed by atoms with van der Waals surface area (Å²) in [6, 6.07) is -4.61. The minimum absolute atomic E-state index is 0.0454. The fraction of sp³-hybridized carbons (Fsp3) is 0.714. The van der Waals surface area contributed by atoms with Crippen LogP contribution in [0.3, 0.4) is 0 Å². The number of carbonyl (C=O) groups is 6. The van der Waals surface area contributed by atoms with E-state index < -0.39 is 59.7 Å². The topological polar surface area (TPSA) is 237 Å². The van der Waals surface area contributed by atoms with E-state index in [9.17, 15) is 33.9 Å². The zero-order chi connectivity index (χ0) is 27.1. The van der Waals surface area contributed by atoms with E-state index in [-0.39, 0.29) is 38.0 Å². The third kappa shape index (κ3) is 13.0. The fourth-order valence-corrected chi connectivity index (χ4v) is 3.45. The van der Waals surface area contributed by atoms with Crippen LogP contribution in [0.2, 0.25) is 0 Å². The third-order valence-corrected chi connectivity index (χ3v) is 6.02. The largest absolute Gasteiger partial charge is 0.480 e. The van der Waals surface area contributed by atoms with Gasteiger partial charge in [0.25, 0.3) is 0 Å². The summed E-state index contributed by atoms with van der Waals surface area (Å²) < 4.78 is 0. The summed E-state index contributed by atoms with van der Waals surface area (Å²) in [6.07, 6.45) is 1.94. The van der Waals surface area contributed by atoms with Gasteiger partial charge in [-0.1, -0.05) is 20.3 Å². The van der Waals surface area contributed by atoms with E-state index in [1.165, 1.54) is 11.8 Å². The Hall–Kier alpha value is -2.87. The zero-order valence-electron chi connectivity index (χ0n) is 20.4. The number of hydrogen-bond donors (Lipinski definition) is 7. The first kappa shape index (κ1) is 32.1. The monoisotopic (exact) mass is 518 g/mol. The summed E-state index contributed by atoms with van der Waals surface area (Å²) in [7, 11) is 0. The summed E-state index contributed by atoms with van der Waals surface area (Å²) in [5.74, 6) is -4.60. The second kappa shape index (κ2) is 16.7. The maximum Gasteiger partial charge on any atom is 0.326 e. The van der Waals surface area contributed by atoms with Gasteiger partial charge in [-0.2, -0.15) is 11.8 Å². The zero-order valence-corrected chi connectivity index (χ0v) is 21.2. The molecule has 0 rings (SSSR count). The van der Waals surface area contributed by atoms with Crippen molar-refractivity contribution in [2.75, 3.05) is 12.0 Å². The highest BCUT2D eigenvalue weighted by atomic mass is 32.2. The van der Waals surface area contributed by atoms with Gasteiger partial charge in [-0.15, -0.1) is 0 Å². The van der Waals surface area contributed by atoms with E-state index in [0.717, 1.165) is 0 Å². The summed E-state index contributed by atoms with van der Waals surface area (Å²) in [5.41, 5.74) is 16.0. The van der Waals surface area contributed by atoms with Gasteiger partial charge in [0.2, 0.25) is 29.5 Å². The maximum atomic E-state index is 13.0. The molecule has 0 aromatic rings. The van der Waals surface area contributed by atoms with Crippen LogP contribution in [-0.4, -0.2) is 76.8 Å². The van der Waals surface area contributed by atoms with Crippen molar-refractivity contribution in [3.05, 3.63) is 0 Å². The molecule has 0 spiro atoms. The second-order valence-electron chi connectivity index (χ2n) is 8.23. The number of carboxylic acids is 1. The summed E-state index contributed by atoms with van der Waals surface area (Å²) in [6.45, 7) is 3.48. The van der Waals surface area contributed by atoms with Gasteiger partial charge in [0.15, 0.2) is 0 Å². The molecule has 35 heavy (non-hydrogen) atoms. The van der Waals surface area contributed by atoms with Crippen LogP contribution in [0.4, 0.5) is 0 Å². The molecule has 10 N–H and O–H groups in total. The average molecular weight is 519 g/mol. The van der Waals surface area contributed by atoms with Gasteiger partial charge < -0.3 is 38.3 Å². The molecule has 0 saturated carbocycles. The number of aliphatic carboxylic acids is 1. The molecule has 200 valence electrons. The van der Waals surface area contributed by atoms with Crippen molar-refractivity contribution >= 4 is 47.3 Å². The van der Waals surface area contributed by atoms with Crippen LogP contribution >= 0.6 is 11.8 Å². The Morgan fingerprint density at radius 2 is 1.31 bits per heavy atom. The van der Waals surface area contributed by atoms with Crippen molar-refractivity contribution in [3.8, 4) is 0 Å². The first-order chi connectivity index (χ1) is 16.3. The fourth-order valence-electron chi connectivity index (χ4n) is 2.98. The van der Waals surface area contributed by atoms with Crippen LogP contribution in [0.1, 0.15) is 52.4 Å². The van der Waals surface area contributed by atoms with Crippen molar-refractivity contribution in [2.24, 2.45) is 23.1 Å². The smallest absolute Gasteiger partial charge is 0.326 e. The van der Waals surface area contributed by atoms with Crippen molar-refractivity contribution in [1.82, 2.24) is 16.0 Å². The molecule has 0 aliphatic carbocycles. The summed E-state index contributed by atoms with van der Waals surface area (Å²) >= 11 is 1.42. The first-order valence-electron chi connectivity index (χ1n) is 11.3. The molecule has 13 nitrogen and oxygen atoms in total. The van der Waals surface area contributed by atoms with Gasteiger partial charge in [0, 0.05) is 12.8 Å². The van der Waals surface area contributed by atoms with Crippen LogP contribution in [0.15, 0.2) is 0 Å². The molecular weight excluding hydrogens is 480 g/mol. The van der Waals surface area contributed by atoms with E-state index >= 15 is 0 Å². The minimum atomic E-state index is -1.25. The van der Waals surface area contributed by atoms with Crippen LogP contribution < -0.4 is 33.2 Å². The molecular formula is C21H38N6O7S. The number of rotatable bonds is 18. The van der Waals surface area contributed by atoms with Crippen molar-refractivity contribution in [2.45, 2.75) is 76.5 Å². The molecule has 5 atom stereocenters. The molecule has 0 fully saturated rings. The number of amides is 5. The number of nitrogens with two attached hydrogens (primary N) is 3. The van der Waals surface area contributed by atoms with Gasteiger partial charge in [0.1, 0.15) is 18.1 Å². The van der Waals surface area contributed by atoms with E-state index in [2.05, 4.69) is 16.0 Å². The molecule has 0 aliphatic rings. The van der Waals surface area contributed by atoms with Crippen LogP contribution in [-0.2, 0) is 28.8 Å². The van der Waals surface area contributed by atoms with Crippen molar-refractivity contribution in [3.63, 3.8) is 0 Å². The molecule has 0 aliphatic heterocycles. The molecule has 14 heteroatoms. The van der Waals surface area contributed by atoms with E-state index in [0.29, 0.717) is 12.2 Å². The summed E-state index contributed by atoms with van der Waals surface area (Å²) in [4.78, 5) is 72.0. The standard InChI is InChI=1S/C21H38N6O7S/c1-4-11(2)17(21(33)34)27-20(32)14(9-10-35-3)26-19(31)13(6-8-16(24)29)25-18(30)12(22)5-7-15(23)28/h11-14,17H,4-10,22H2,1-3H3,(H2,23,28)(H2,24,29)(H,25,30)(H,26,31)(H,27,32)(H,33,34). The SMILES string of the molecule is CCC(C)C(NC(=O)C(CCSC)NC(=O)C(CCC(N)=O)NC(=O)C(N)CCC(N)=O)C(=O)O. The lowest BCUT2D eigenvalue weighted by Crippen LogP contribution is -2.58. The predicted molar refractivity (Wildman–Crippen MR) is 131 cm³/mol. The van der Waals surface area contributed by atoms with Crippen LogP contribution in [0, 0.1) is 5.92 Å². The maximum absolute atomic E-state index is 13.0. The molecule has 0 aromatic heterocycles. The highest BCUT2D eigenvalue weighted by Gasteiger charge is 2.31. The Bertz CT molecular complexity index is 766. The van der Waals surface area contributed by atoms with Gasteiger partial charge in [-0.25, -0.2) is 4.79 Å². The minimum Gasteiger partial charge on any atom is -0.480 e. The Kier molecular flexibility index (Phi) is 15.3. The quantitative estimate of drug-likeness (QED) is 0.108. The highest BCUT2D eigenvalue weighted by molar-refractivity contribution is 7.98. The van der Waals surface area contributed by atoms with Crippen LogP contribution in [0.25, 0.3) is 0 Å². The molecule has 0 heterocycles. The van der Waals surface area contributed by atoms with Gasteiger partial charge in [-0.3, -0.25) is 24.0 Å². The number of carbonyl (C=O) groups excluding carboxylic acids is 5. The normalized spacial score (nSPS) is 15.1. The lowest BCUT2D eigenvalue weighted by molar-refractivity contribution is -0.143. The predicted octanol–water partition coefficient (Wildman–Crippen LogP) is -1.82. The van der Waals surface area contributed by atoms with Crippen molar-refractivity contribution < 1.29 is 33.9 Å². The molecule has 0 saturated heterocycles. The van der Waals surface area contributed by atoms with E-state index in [4.69, 9.17) is 17.2 Å².